The van der Waals surface area contributed by atoms with Crippen LogP contribution in [0.1, 0.15) is 33.1 Å². The zero-order valence-corrected chi connectivity index (χ0v) is 17.9. The van der Waals surface area contributed by atoms with Crippen LogP contribution in [0.4, 0.5) is 11.4 Å². The molecule has 0 saturated carbocycles. The Bertz CT molecular complexity index is 1770. The van der Waals surface area contributed by atoms with Crippen molar-refractivity contribution >= 4 is 22.5 Å². The first kappa shape index (κ1) is 12.3. The molecule has 1 heterocycles. The van der Waals surface area contributed by atoms with E-state index in [1.807, 2.05) is 51.1 Å². The molecule has 4 aromatic carbocycles. The second-order valence-corrected chi connectivity index (χ2v) is 8.24. The molecule has 0 aliphatic carbocycles. The minimum absolute atomic E-state index is 0.0474. The smallest absolute Gasteiger partial charge is 0.227 e. The van der Waals surface area contributed by atoms with Crippen molar-refractivity contribution in [2.75, 3.05) is 4.90 Å². The summed E-state index contributed by atoms with van der Waals surface area (Å²) in [6.07, 6.45) is 0. The van der Waals surface area contributed by atoms with Gasteiger partial charge in [-0.15, -0.1) is 0 Å². The molecule has 0 radical (unpaired) electrons. The predicted molar refractivity (Wildman–Crippen MR) is 133 cm³/mol. The Morgan fingerprint density at radius 3 is 2.12 bits per heavy atom. The molecule has 32 heavy (non-hydrogen) atoms. The monoisotopic (exact) mass is 427 g/mol. The van der Waals surface area contributed by atoms with Crippen molar-refractivity contribution in [1.82, 2.24) is 4.98 Å². The maximum absolute atomic E-state index is 8.99. The number of hydrogen-bond acceptors (Lipinski definition) is 3. The van der Waals surface area contributed by atoms with E-state index in [0.29, 0.717) is 22.7 Å². The summed E-state index contributed by atoms with van der Waals surface area (Å²) >= 11 is 0. The lowest BCUT2D eigenvalue weighted by molar-refractivity contribution is 0.554. The molecule has 0 unspecified atom stereocenters. The molecule has 0 bridgehead atoms. The molecule has 0 aliphatic heterocycles. The third-order valence-corrected chi connectivity index (χ3v) is 4.91. The summed E-state index contributed by atoms with van der Waals surface area (Å²) in [5.41, 5.74) is 0.607. The van der Waals surface area contributed by atoms with E-state index in [1.54, 1.807) is 23.1 Å². The molecule has 5 aromatic rings. The second kappa shape index (κ2) is 8.01. The molecule has 0 atom stereocenters. The van der Waals surface area contributed by atoms with Gasteiger partial charge in [0, 0.05) is 16.8 Å². The Morgan fingerprint density at radius 2 is 1.44 bits per heavy atom. The van der Waals surface area contributed by atoms with Gasteiger partial charge in [-0.1, -0.05) is 66.6 Å². The van der Waals surface area contributed by atoms with E-state index in [9.17, 15) is 0 Å². The van der Waals surface area contributed by atoms with Crippen molar-refractivity contribution in [3.8, 4) is 22.6 Å². The van der Waals surface area contributed by atoms with E-state index in [1.165, 1.54) is 0 Å². The topological polar surface area (TPSA) is 29.3 Å². The van der Waals surface area contributed by atoms with Gasteiger partial charge in [-0.3, -0.25) is 0 Å². The standard InChI is InChI=1S/C29H26N2O/c1-29(2,3)31(24-19-17-22(18-20-24)21-11-6-4-7-12-21)26-16-10-15-25-27(26)32-28(30-25)23-13-8-5-9-14-23/h4-20H,1-3H3/i4D,6D,7D,11D,12D,17D,18D,19D,20D. The Hall–Kier alpha value is -3.85. The van der Waals surface area contributed by atoms with Gasteiger partial charge in [-0.25, -0.2) is 4.98 Å². The third-order valence-electron chi connectivity index (χ3n) is 4.91. The molecule has 0 fully saturated rings. The molecular weight excluding hydrogens is 392 g/mol. The fourth-order valence-electron chi connectivity index (χ4n) is 3.55. The summed E-state index contributed by atoms with van der Waals surface area (Å²) in [7, 11) is 0. The molecule has 0 saturated heterocycles. The highest BCUT2D eigenvalue weighted by Gasteiger charge is 2.27. The Kier molecular flexibility index (Phi) is 3.07. The first-order chi connectivity index (χ1) is 19.3. The predicted octanol–water partition coefficient (Wildman–Crippen LogP) is 8.10. The first-order valence-electron chi connectivity index (χ1n) is 14.7. The molecule has 158 valence electrons. The molecule has 3 heteroatoms. The van der Waals surface area contributed by atoms with Crippen molar-refractivity contribution in [3.63, 3.8) is 0 Å². The average molecular weight is 428 g/mol. The summed E-state index contributed by atoms with van der Waals surface area (Å²) in [6, 6.07) is 9.71. The van der Waals surface area contributed by atoms with Gasteiger partial charge in [0.15, 0.2) is 5.58 Å². The number of oxazole rings is 1. The van der Waals surface area contributed by atoms with Crippen molar-refractivity contribution in [3.05, 3.63) is 103 Å². The van der Waals surface area contributed by atoms with Gasteiger partial charge >= 0.3 is 0 Å². The van der Waals surface area contributed by atoms with Crippen LogP contribution in [0.15, 0.2) is 107 Å². The maximum atomic E-state index is 8.99. The fourth-order valence-corrected chi connectivity index (χ4v) is 3.55. The fraction of sp³-hybridized carbons (Fsp3) is 0.138. The van der Waals surface area contributed by atoms with Gasteiger partial charge in [0.25, 0.3) is 0 Å². The number of benzene rings is 4. The number of anilines is 2. The number of para-hydroxylation sites is 1. The Morgan fingerprint density at radius 1 is 0.750 bits per heavy atom. The lowest BCUT2D eigenvalue weighted by Gasteiger charge is -2.37. The van der Waals surface area contributed by atoms with Crippen molar-refractivity contribution < 1.29 is 16.8 Å². The van der Waals surface area contributed by atoms with Crippen LogP contribution >= 0.6 is 0 Å². The zero-order valence-electron chi connectivity index (χ0n) is 26.9. The summed E-state index contributed by atoms with van der Waals surface area (Å²) < 4.78 is 82.5. The normalized spacial score (nSPS) is 15.5. The molecule has 0 amide bonds. The summed E-state index contributed by atoms with van der Waals surface area (Å²) in [4.78, 5) is 6.28. The van der Waals surface area contributed by atoms with Gasteiger partial charge in [0.1, 0.15) is 5.52 Å². The first-order valence-corrected chi connectivity index (χ1v) is 10.2. The average Bonchev–Trinajstić information content (AvgIpc) is 3.39. The van der Waals surface area contributed by atoms with E-state index in [0.717, 1.165) is 5.56 Å². The lowest BCUT2D eigenvalue weighted by atomic mass is 10.0. The van der Waals surface area contributed by atoms with Crippen molar-refractivity contribution in [2.45, 2.75) is 26.3 Å². The van der Waals surface area contributed by atoms with Crippen LogP contribution < -0.4 is 4.90 Å². The van der Waals surface area contributed by atoms with E-state index in [4.69, 9.17) is 16.8 Å². The van der Waals surface area contributed by atoms with Gasteiger partial charge in [-0.05, 0) is 68.2 Å². The third kappa shape index (κ3) is 3.78. The molecule has 1 aromatic heterocycles. The van der Waals surface area contributed by atoms with Gasteiger partial charge in [0.05, 0.1) is 18.0 Å². The van der Waals surface area contributed by atoms with Crippen molar-refractivity contribution in [2.24, 2.45) is 0 Å². The number of fused-ring (bicyclic) bond motifs is 1. The molecule has 5 rings (SSSR count). The number of rotatable bonds is 4. The van der Waals surface area contributed by atoms with Gasteiger partial charge in [0.2, 0.25) is 5.89 Å². The highest BCUT2D eigenvalue weighted by atomic mass is 16.3. The lowest BCUT2D eigenvalue weighted by Crippen LogP contribution is -2.37. The Balaban J connectivity index is 1.79. The molecule has 0 spiro atoms. The Labute approximate surface area is 201 Å². The summed E-state index contributed by atoms with van der Waals surface area (Å²) in [5.74, 6) is 0.387. The number of nitrogens with zero attached hydrogens (tertiary/aromatic N) is 2. The van der Waals surface area contributed by atoms with Crippen LogP contribution in [0, 0.1) is 0 Å². The molecule has 3 nitrogen and oxygen atoms in total. The number of hydrogen-bond donors (Lipinski definition) is 0. The highest BCUT2D eigenvalue weighted by molar-refractivity contribution is 5.91. The van der Waals surface area contributed by atoms with Crippen LogP contribution in [0.5, 0.6) is 0 Å². The minimum Gasteiger partial charge on any atom is -0.434 e. The second-order valence-electron chi connectivity index (χ2n) is 8.24. The minimum atomic E-state index is -0.781. The van der Waals surface area contributed by atoms with E-state index in [-0.39, 0.29) is 16.8 Å². The highest BCUT2D eigenvalue weighted by Crippen LogP contribution is 2.39. The van der Waals surface area contributed by atoms with Gasteiger partial charge < -0.3 is 9.32 Å². The zero-order chi connectivity index (χ0) is 30.0. The largest absolute Gasteiger partial charge is 0.434 e. The van der Waals surface area contributed by atoms with Crippen LogP contribution in [-0.2, 0) is 0 Å². The van der Waals surface area contributed by atoms with Crippen LogP contribution in [0.2, 0.25) is 0 Å². The molecule has 0 aliphatic rings. The van der Waals surface area contributed by atoms with E-state index in [2.05, 4.69) is 4.98 Å². The quantitative estimate of drug-likeness (QED) is 0.290. The van der Waals surface area contributed by atoms with Crippen LogP contribution in [-0.4, -0.2) is 10.5 Å². The van der Waals surface area contributed by atoms with Crippen LogP contribution in [0.25, 0.3) is 33.7 Å². The van der Waals surface area contributed by atoms with E-state index >= 15 is 0 Å². The molecule has 0 N–H and O–H groups in total. The SMILES string of the molecule is [2H]c1c([2H])c([2H])c(-c2c([2H])c([2H])c(N(c3cccc4nc(-c5ccccc5)oc34)C(C)(C)C)c([2H])c2[2H])c([2H])c1[2H]. The van der Waals surface area contributed by atoms with Crippen molar-refractivity contribution in [1.29, 1.82) is 0 Å². The molecular formula is C29H26N2O. The summed E-state index contributed by atoms with van der Waals surface area (Å²) in [6.45, 7) is 5.57. The van der Waals surface area contributed by atoms with Gasteiger partial charge in [-0.2, -0.15) is 0 Å². The summed E-state index contributed by atoms with van der Waals surface area (Å²) in [5, 5.41) is 0. The maximum Gasteiger partial charge on any atom is 0.227 e. The van der Waals surface area contributed by atoms with Crippen LogP contribution in [0.3, 0.4) is 0 Å². The van der Waals surface area contributed by atoms with E-state index < -0.39 is 59.9 Å². The number of aromatic nitrogens is 1.